The average Bonchev–Trinajstić information content (AvgIpc) is 2.28. The Kier molecular flexibility index (Phi) is 6.28. The van der Waals surface area contributed by atoms with Gasteiger partial charge in [0.2, 0.25) is 0 Å². The van der Waals surface area contributed by atoms with E-state index in [-0.39, 0.29) is 24.4 Å². The lowest BCUT2D eigenvalue weighted by molar-refractivity contribution is 0.0541. The maximum atomic E-state index is 8.92. The number of hydrogen-bond acceptors (Lipinski definition) is 4. The number of aliphatic hydroxyl groups is 4. The molecular formula is C12H24O4. The fourth-order valence-corrected chi connectivity index (χ4v) is 2.12. The van der Waals surface area contributed by atoms with E-state index in [9.17, 15) is 0 Å². The van der Waals surface area contributed by atoms with E-state index in [1.807, 2.05) is 0 Å². The van der Waals surface area contributed by atoms with Gasteiger partial charge in [0.05, 0.1) is 24.4 Å². The highest BCUT2D eigenvalue weighted by atomic mass is 16.3. The molecule has 0 aromatic carbocycles. The molecule has 0 aromatic rings. The van der Waals surface area contributed by atoms with Crippen LogP contribution in [0.4, 0.5) is 0 Å². The Morgan fingerprint density at radius 3 is 0.625 bits per heavy atom. The molecule has 0 aromatic heterocycles. The van der Waals surface area contributed by atoms with Crippen molar-refractivity contribution in [1.82, 2.24) is 0 Å². The molecule has 0 saturated heterocycles. The molecule has 2 rings (SSSR count). The first kappa shape index (κ1) is 13.9. The van der Waals surface area contributed by atoms with E-state index >= 15 is 0 Å². The number of aliphatic hydroxyl groups excluding tert-OH is 4. The first-order valence-electron chi connectivity index (χ1n) is 6.30. The second kappa shape index (κ2) is 7.22. The van der Waals surface area contributed by atoms with E-state index in [1.165, 1.54) is 0 Å². The quantitative estimate of drug-likeness (QED) is 0.492. The van der Waals surface area contributed by atoms with Gasteiger partial charge in [-0.25, -0.2) is 0 Å². The second-order valence-electron chi connectivity index (χ2n) is 4.92. The fourth-order valence-electron chi connectivity index (χ4n) is 2.12. The minimum Gasteiger partial charge on any atom is -0.393 e. The number of hydrogen-bond donors (Lipinski definition) is 4. The molecule has 2 fully saturated rings. The molecule has 0 amide bonds. The van der Waals surface area contributed by atoms with Crippen molar-refractivity contribution in [2.75, 3.05) is 0 Å². The predicted molar refractivity (Wildman–Crippen MR) is 61.0 cm³/mol. The Hall–Kier alpha value is -0.160. The van der Waals surface area contributed by atoms with Gasteiger partial charge in [-0.05, 0) is 51.4 Å². The van der Waals surface area contributed by atoms with Gasteiger partial charge in [0.25, 0.3) is 0 Å². The van der Waals surface area contributed by atoms with Crippen LogP contribution in [0.2, 0.25) is 0 Å². The average molecular weight is 232 g/mol. The second-order valence-corrected chi connectivity index (χ2v) is 4.92. The van der Waals surface area contributed by atoms with E-state index in [0.717, 1.165) is 51.4 Å². The maximum absolute atomic E-state index is 8.92. The maximum Gasteiger partial charge on any atom is 0.0542 e. The van der Waals surface area contributed by atoms with Crippen LogP contribution in [0.1, 0.15) is 51.4 Å². The topological polar surface area (TPSA) is 80.9 Å². The molecule has 0 spiro atoms. The Morgan fingerprint density at radius 2 is 0.500 bits per heavy atom. The normalized spacial score (nSPS) is 39.8. The molecule has 0 unspecified atom stereocenters. The van der Waals surface area contributed by atoms with Crippen molar-refractivity contribution in [2.24, 2.45) is 0 Å². The third kappa shape index (κ3) is 5.80. The van der Waals surface area contributed by atoms with Crippen molar-refractivity contribution in [1.29, 1.82) is 0 Å². The summed E-state index contributed by atoms with van der Waals surface area (Å²) in [6, 6.07) is 0. The smallest absolute Gasteiger partial charge is 0.0542 e. The summed E-state index contributed by atoms with van der Waals surface area (Å²) in [5.74, 6) is 0. The van der Waals surface area contributed by atoms with E-state index in [2.05, 4.69) is 0 Å². The lowest BCUT2D eigenvalue weighted by Gasteiger charge is -2.20. The predicted octanol–water partition coefficient (Wildman–Crippen LogP) is 0.564. The zero-order chi connectivity index (χ0) is 12.0. The molecule has 0 heterocycles. The van der Waals surface area contributed by atoms with Gasteiger partial charge in [0.1, 0.15) is 0 Å². The summed E-state index contributed by atoms with van der Waals surface area (Å²) in [5.41, 5.74) is 0. The van der Waals surface area contributed by atoms with Crippen molar-refractivity contribution in [3.8, 4) is 0 Å². The molecule has 4 N–H and O–H groups in total. The first-order valence-corrected chi connectivity index (χ1v) is 6.30. The molecule has 0 radical (unpaired) electrons. The van der Waals surface area contributed by atoms with Crippen molar-refractivity contribution in [2.45, 2.75) is 75.8 Å². The van der Waals surface area contributed by atoms with Crippen molar-refractivity contribution >= 4 is 0 Å². The van der Waals surface area contributed by atoms with Crippen LogP contribution in [0.3, 0.4) is 0 Å². The third-order valence-electron chi connectivity index (χ3n) is 3.33. The molecule has 96 valence electrons. The fraction of sp³-hybridized carbons (Fsp3) is 1.00. The molecule has 2 saturated carbocycles. The van der Waals surface area contributed by atoms with E-state index < -0.39 is 0 Å². The van der Waals surface area contributed by atoms with Gasteiger partial charge < -0.3 is 20.4 Å². The van der Waals surface area contributed by atoms with Crippen molar-refractivity contribution < 1.29 is 20.4 Å². The van der Waals surface area contributed by atoms with Crippen LogP contribution in [-0.4, -0.2) is 44.8 Å². The van der Waals surface area contributed by atoms with Crippen LogP contribution >= 0.6 is 0 Å². The molecule has 0 bridgehead atoms. The van der Waals surface area contributed by atoms with E-state index in [4.69, 9.17) is 20.4 Å². The third-order valence-corrected chi connectivity index (χ3v) is 3.33. The molecule has 4 heteroatoms. The van der Waals surface area contributed by atoms with E-state index in [1.54, 1.807) is 0 Å². The minimum atomic E-state index is -0.140. The molecule has 0 atom stereocenters. The summed E-state index contributed by atoms with van der Waals surface area (Å²) in [6.45, 7) is 0. The first-order chi connectivity index (χ1) is 7.58. The highest BCUT2D eigenvalue weighted by Gasteiger charge is 2.16. The standard InChI is InChI=1S/2C6H12O2/c2*7-5-1-2-6(8)4-3-5/h2*5-8H,1-4H2. The molecule has 2 aliphatic rings. The summed E-state index contributed by atoms with van der Waals surface area (Å²) < 4.78 is 0. The van der Waals surface area contributed by atoms with Gasteiger partial charge in [-0.2, -0.15) is 0 Å². The largest absolute Gasteiger partial charge is 0.393 e. The van der Waals surface area contributed by atoms with Crippen molar-refractivity contribution in [3.05, 3.63) is 0 Å². The molecule has 16 heavy (non-hydrogen) atoms. The Labute approximate surface area is 96.9 Å². The summed E-state index contributed by atoms with van der Waals surface area (Å²) in [7, 11) is 0. The zero-order valence-corrected chi connectivity index (χ0v) is 9.76. The van der Waals surface area contributed by atoms with Gasteiger partial charge in [-0.15, -0.1) is 0 Å². The van der Waals surface area contributed by atoms with Crippen LogP contribution < -0.4 is 0 Å². The molecule has 2 aliphatic carbocycles. The van der Waals surface area contributed by atoms with Crippen LogP contribution in [0.25, 0.3) is 0 Å². The van der Waals surface area contributed by atoms with Crippen LogP contribution in [0.15, 0.2) is 0 Å². The molecule has 4 nitrogen and oxygen atoms in total. The summed E-state index contributed by atoms with van der Waals surface area (Å²) >= 11 is 0. The molecular weight excluding hydrogens is 208 g/mol. The van der Waals surface area contributed by atoms with Gasteiger partial charge in [-0.1, -0.05) is 0 Å². The van der Waals surface area contributed by atoms with Gasteiger partial charge in [0, 0.05) is 0 Å². The Balaban J connectivity index is 0.000000160. The van der Waals surface area contributed by atoms with Crippen LogP contribution in [-0.2, 0) is 0 Å². The zero-order valence-electron chi connectivity index (χ0n) is 9.76. The minimum absolute atomic E-state index is 0.140. The van der Waals surface area contributed by atoms with Gasteiger partial charge >= 0.3 is 0 Å². The van der Waals surface area contributed by atoms with Crippen LogP contribution in [0.5, 0.6) is 0 Å². The van der Waals surface area contributed by atoms with Gasteiger partial charge in [0.15, 0.2) is 0 Å². The lowest BCUT2D eigenvalue weighted by Crippen LogP contribution is -2.21. The lowest BCUT2D eigenvalue weighted by atomic mass is 9.95. The SMILES string of the molecule is OC1CCC(O)CC1.OC1CCC(O)CC1. The van der Waals surface area contributed by atoms with E-state index in [0.29, 0.717) is 0 Å². The highest BCUT2D eigenvalue weighted by Crippen LogP contribution is 2.18. The Morgan fingerprint density at radius 1 is 0.375 bits per heavy atom. The summed E-state index contributed by atoms with van der Waals surface area (Å²) in [5, 5.41) is 35.7. The van der Waals surface area contributed by atoms with Gasteiger partial charge in [-0.3, -0.25) is 0 Å². The Bertz CT molecular complexity index is 130. The van der Waals surface area contributed by atoms with Crippen molar-refractivity contribution in [3.63, 3.8) is 0 Å². The summed E-state index contributed by atoms with van der Waals surface area (Å²) in [6.07, 6.45) is 5.67. The molecule has 0 aliphatic heterocycles. The van der Waals surface area contributed by atoms with Crippen LogP contribution in [0, 0.1) is 0 Å². The number of rotatable bonds is 0. The highest BCUT2D eigenvalue weighted by molar-refractivity contribution is 4.69. The monoisotopic (exact) mass is 232 g/mol. The summed E-state index contributed by atoms with van der Waals surface area (Å²) in [4.78, 5) is 0.